The summed E-state index contributed by atoms with van der Waals surface area (Å²) in [5, 5.41) is 10.8. The second-order valence-corrected chi connectivity index (χ2v) is 7.68. The summed E-state index contributed by atoms with van der Waals surface area (Å²) in [5.41, 5.74) is -0.221. The van der Waals surface area contributed by atoms with Crippen molar-refractivity contribution in [1.82, 2.24) is 4.72 Å². The minimum atomic E-state index is -5.50. The summed E-state index contributed by atoms with van der Waals surface area (Å²) in [7, 11) is -5.33. The third-order valence-corrected chi connectivity index (χ3v) is 5.20. The normalized spacial score (nSPS) is 13.0. The second-order valence-electron chi connectivity index (χ2n) is 6.00. The highest BCUT2D eigenvalue weighted by Gasteiger charge is 2.48. The predicted molar refractivity (Wildman–Crippen MR) is 93.3 cm³/mol. The molecule has 0 aromatic heterocycles. The van der Waals surface area contributed by atoms with Gasteiger partial charge < -0.3 is 10.4 Å². The summed E-state index contributed by atoms with van der Waals surface area (Å²) >= 11 is 0. The molecule has 0 saturated carbocycles. The average molecular weight is 452 g/mol. The number of nitrogens with one attached hydrogen (secondary N) is 2. The van der Waals surface area contributed by atoms with Crippen LogP contribution >= 0.6 is 0 Å². The first kappa shape index (κ1) is 23.2. The molecule has 0 saturated heterocycles. The Kier molecular flexibility index (Phi) is 6.47. The van der Waals surface area contributed by atoms with Gasteiger partial charge in [-0.3, -0.25) is 9.59 Å². The Morgan fingerprint density at radius 1 is 1.03 bits per heavy atom. The van der Waals surface area contributed by atoms with E-state index in [2.05, 4.69) is 5.32 Å². The monoisotopic (exact) mass is 452 g/mol. The van der Waals surface area contributed by atoms with Crippen LogP contribution < -0.4 is 10.0 Å². The van der Waals surface area contributed by atoms with Gasteiger partial charge >= 0.3 is 12.1 Å². The van der Waals surface area contributed by atoms with E-state index >= 15 is 0 Å². The number of alkyl halides is 3. The molecule has 162 valence electrons. The number of carboxylic acids is 1. The molecule has 2 rings (SSSR count). The van der Waals surface area contributed by atoms with Crippen molar-refractivity contribution >= 4 is 27.6 Å². The number of carbonyl (C=O) groups is 2. The number of aryl methyl sites for hydroxylation is 1. The molecule has 0 bridgehead atoms. The van der Waals surface area contributed by atoms with Crippen LogP contribution in [-0.4, -0.2) is 37.6 Å². The van der Waals surface area contributed by atoms with Crippen molar-refractivity contribution in [2.24, 2.45) is 0 Å². The molecule has 0 heterocycles. The number of carbonyl (C=O) groups excluding carboxylic acids is 1. The predicted octanol–water partition coefficient (Wildman–Crippen LogP) is 2.82. The first-order chi connectivity index (χ1) is 13.7. The van der Waals surface area contributed by atoms with E-state index in [9.17, 15) is 40.0 Å². The molecule has 0 radical (unpaired) electrons. The Balaban J connectivity index is 2.36. The van der Waals surface area contributed by atoms with Gasteiger partial charge in [0.15, 0.2) is 0 Å². The minimum absolute atomic E-state index is 0.0158. The molecule has 7 nitrogen and oxygen atoms in total. The van der Waals surface area contributed by atoms with Gasteiger partial charge in [-0.05, 0) is 42.8 Å². The topological polar surface area (TPSA) is 113 Å². The van der Waals surface area contributed by atoms with Crippen molar-refractivity contribution in [2.45, 2.75) is 24.0 Å². The standard InChI is InChI=1S/C17H13F5N2O5S/c1-8-2-4-10(7-12(8)19)23-15(25)9-3-5-11(18)13(6-9)30(28,29)24-14(16(26)27)17(20,21)22/h2-7,14,24H,1H3,(H,23,25)(H,26,27)/t14-/m0/s1. The number of aliphatic carboxylic acids is 1. The Morgan fingerprint density at radius 2 is 1.67 bits per heavy atom. The smallest absolute Gasteiger partial charge is 0.415 e. The summed E-state index contributed by atoms with van der Waals surface area (Å²) in [6.07, 6.45) is -5.50. The van der Waals surface area contributed by atoms with Crippen LogP contribution in [-0.2, 0) is 14.8 Å². The Hall–Kier alpha value is -3.06. The van der Waals surface area contributed by atoms with E-state index in [1.165, 1.54) is 19.1 Å². The maximum absolute atomic E-state index is 14.0. The van der Waals surface area contributed by atoms with Gasteiger partial charge in [0.1, 0.15) is 16.5 Å². The lowest BCUT2D eigenvalue weighted by Gasteiger charge is -2.18. The lowest BCUT2D eigenvalue weighted by atomic mass is 10.2. The van der Waals surface area contributed by atoms with Crippen LogP contribution in [0.1, 0.15) is 15.9 Å². The first-order valence-electron chi connectivity index (χ1n) is 7.91. The summed E-state index contributed by atoms with van der Waals surface area (Å²) in [5.74, 6) is -5.74. The highest BCUT2D eigenvalue weighted by Crippen LogP contribution is 2.24. The van der Waals surface area contributed by atoms with E-state index in [1.807, 2.05) is 0 Å². The van der Waals surface area contributed by atoms with Crippen LogP contribution in [0.2, 0.25) is 0 Å². The minimum Gasteiger partial charge on any atom is -0.480 e. The molecule has 3 N–H and O–H groups in total. The van der Waals surface area contributed by atoms with Crippen LogP contribution in [0.25, 0.3) is 0 Å². The van der Waals surface area contributed by atoms with Crippen LogP contribution in [0.3, 0.4) is 0 Å². The first-order valence-corrected chi connectivity index (χ1v) is 9.39. The quantitative estimate of drug-likeness (QED) is 0.584. The molecule has 2 aromatic rings. The number of hydrogen-bond acceptors (Lipinski definition) is 4. The number of benzene rings is 2. The SMILES string of the molecule is Cc1ccc(NC(=O)c2ccc(F)c(S(=O)(=O)N[C@@H](C(=O)O)C(F)(F)F)c2)cc1F. The molecular formula is C17H13F5N2O5S. The van der Waals surface area contributed by atoms with Crippen LogP contribution in [0.15, 0.2) is 41.3 Å². The van der Waals surface area contributed by atoms with Crippen molar-refractivity contribution in [2.75, 3.05) is 5.32 Å². The van der Waals surface area contributed by atoms with Gasteiger partial charge in [0, 0.05) is 11.3 Å². The van der Waals surface area contributed by atoms with Crippen LogP contribution in [0.5, 0.6) is 0 Å². The molecular weight excluding hydrogens is 439 g/mol. The molecule has 0 aliphatic carbocycles. The van der Waals surface area contributed by atoms with Gasteiger partial charge in [-0.25, -0.2) is 17.2 Å². The molecule has 0 unspecified atom stereocenters. The number of amides is 1. The number of anilines is 1. The van der Waals surface area contributed by atoms with Gasteiger partial charge in [-0.15, -0.1) is 0 Å². The van der Waals surface area contributed by atoms with Gasteiger partial charge in [0.25, 0.3) is 5.91 Å². The summed E-state index contributed by atoms with van der Waals surface area (Å²) in [6, 6.07) is 1.88. The number of halogens is 5. The summed E-state index contributed by atoms with van der Waals surface area (Å²) in [6.45, 7) is 1.47. The van der Waals surface area contributed by atoms with Gasteiger partial charge in [0.2, 0.25) is 16.1 Å². The highest BCUT2D eigenvalue weighted by atomic mass is 32.2. The molecule has 13 heteroatoms. The Labute approximate surface area is 166 Å². The number of sulfonamides is 1. The van der Waals surface area contributed by atoms with Gasteiger partial charge in [-0.1, -0.05) is 6.07 Å². The number of carboxylic acid groups (broad SMARTS) is 1. The molecule has 1 atom stereocenters. The molecule has 0 fully saturated rings. The third-order valence-electron chi connectivity index (χ3n) is 3.76. The van der Waals surface area contributed by atoms with Gasteiger partial charge in [-0.2, -0.15) is 17.9 Å². The maximum atomic E-state index is 14.0. The largest absolute Gasteiger partial charge is 0.480 e. The van der Waals surface area contributed by atoms with Crippen molar-refractivity contribution < 1.29 is 45.1 Å². The van der Waals surface area contributed by atoms with Crippen molar-refractivity contribution in [1.29, 1.82) is 0 Å². The highest BCUT2D eigenvalue weighted by molar-refractivity contribution is 7.89. The molecule has 1 amide bonds. The van der Waals surface area contributed by atoms with E-state index in [0.717, 1.165) is 16.9 Å². The molecule has 0 aliphatic rings. The lowest BCUT2D eigenvalue weighted by molar-refractivity contribution is -0.177. The van der Waals surface area contributed by atoms with Crippen LogP contribution in [0.4, 0.5) is 27.6 Å². The second kappa shape index (κ2) is 8.36. The zero-order chi connectivity index (χ0) is 22.9. The fourth-order valence-corrected chi connectivity index (χ4v) is 3.48. The molecule has 0 spiro atoms. The van der Waals surface area contributed by atoms with Crippen LogP contribution in [0, 0.1) is 18.6 Å². The zero-order valence-electron chi connectivity index (χ0n) is 14.9. The lowest BCUT2D eigenvalue weighted by Crippen LogP contribution is -2.50. The summed E-state index contributed by atoms with van der Waals surface area (Å²) < 4.78 is 90.8. The summed E-state index contributed by atoms with van der Waals surface area (Å²) in [4.78, 5) is 21.6. The van der Waals surface area contributed by atoms with E-state index < -0.39 is 56.2 Å². The van der Waals surface area contributed by atoms with E-state index in [4.69, 9.17) is 5.11 Å². The average Bonchev–Trinajstić information content (AvgIpc) is 2.62. The Bertz CT molecular complexity index is 1100. The van der Waals surface area contributed by atoms with E-state index in [1.54, 1.807) is 0 Å². The number of hydrogen-bond donors (Lipinski definition) is 3. The van der Waals surface area contributed by atoms with Crippen molar-refractivity contribution in [3.05, 3.63) is 59.2 Å². The fourth-order valence-electron chi connectivity index (χ4n) is 2.20. The molecule has 2 aromatic carbocycles. The van der Waals surface area contributed by atoms with Gasteiger partial charge in [0.05, 0.1) is 0 Å². The van der Waals surface area contributed by atoms with E-state index in [-0.39, 0.29) is 11.3 Å². The fraction of sp³-hybridized carbons (Fsp3) is 0.176. The third kappa shape index (κ3) is 5.30. The Morgan fingerprint density at radius 3 is 2.20 bits per heavy atom. The van der Waals surface area contributed by atoms with Crippen molar-refractivity contribution in [3.8, 4) is 0 Å². The molecule has 30 heavy (non-hydrogen) atoms. The number of rotatable bonds is 6. The zero-order valence-corrected chi connectivity index (χ0v) is 15.7. The van der Waals surface area contributed by atoms with Crippen molar-refractivity contribution in [3.63, 3.8) is 0 Å². The van der Waals surface area contributed by atoms with E-state index in [0.29, 0.717) is 12.1 Å². The molecule has 0 aliphatic heterocycles. The maximum Gasteiger partial charge on any atom is 0.415 e.